The number of hydrogen-bond acceptors (Lipinski definition) is 2. The molecular weight excluding hydrogens is 210 g/mol. The lowest BCUT2D eigenvalue weighted by Gasteiger charge is -2.38. The predicted octanol–water partition coefficient (Wildman–Crippen LogP) is 2.65. The first-order chi connectivity index (χ1) is 8.35. The third kappa shape index (κ3) is 1.66. The average molecular weight is 231 g/mol. The van der Waals surface area contributed by atoms with Crippen molar-refractivity contribution in [3.8, 4) is 5.75 Å². The summed E-state index contributed by atoms with van der Waals surface area (Å²) in [5.74, 6) is 1.81. The van der Waals surface area contributed by atoms with Crippen LogP contribution in [0, 0.1) is 0 Å². The second-order valence-electron chi connectivity index (χ2n) is 5.25. The van der Waals surface area contributed by atoms with Crippen molar-refractivity contribution in [2.75, 3.05) is 14.2 Å². The van der Waals surface area contributed by atoms with Gasteiger partial charge in [0.25, 0.3) is 0 Å². The van der Waals surface area contributed by atoms with Crippen LogP contribution in [0.25, 0.3) is 0 Å². The molecule has 1 aromatic rings. The molecule has 2 atom stereocenters. The number of likely N-dealkylation sites (N-methyl/N-ethyl adjacent to an activating group) is 1. The summed E-state index contributed by atoms with van der Waals surface area (Å²) >= 11 is 0. The van der Waals surface area contributed by atoms with Gasteiger partial charge in [-0.15, -0.1) is 0 Å². The summed E-state index contributed by atoms with van der Waals surface area (Å²) in [7, 11) is 3.89. The Hall–Kier alpha value is -1.02. The van der Waals surface area contributed by atoms with E-state index in [4.69, 9.17) is 4.74 Å². The van der Waals surface area contributed by atoms with Gasteiger partial charge in [0, 0.05) is 6.04 Å². The van der Waals surface area contributed by atoms with E-state index in [1.807, 2.05) is 0 Å². The van der Waals surface area contributed by atoms with Crippen LogP contribution in [0.2, 0.25) is 0 Å². The summed E-state index contributed by atoms with van der Waals surface area (Å²) < 4.78 is 5.53. The standard InChI is InChI=1S/C15H21NO/c1-16-13-8-6-10-7-9-14(17-2)12-5-3-4-11(13)15(10)12/h7,9,11,13,16H,3-6,8H2,1-2H3. The second kappa shape index (κ2) is 4.34. The summed E-state index contributed by atoms with van der Waals surface area (Å²) in [4.78, 5) is 0. The molecule has 0 radical (unpaired) electrons. The summed E-state index contributed by atoms with van der Waals surface area (Å²) in [6.07, 6.45) is 6.32. The maximum absolute atomic E-state index is 5.53. The zero-order valence-corrected chi connectivity index (χ0v) is 10.8. The van der Waals surface area contributed by atoms with Gasteiger partial charge < -0.3 is 10.1 Å². The number of rotatable bonds is 2. The summed E-state index contributed by atoms with van der Waals surface area (Å²) in [5, 5.41) is 3.50. The molecule has 0 saturated carbocycles. The van der Waals surface area contributed by atoms with Crippen LogP contribution < -0.4 is 10.1 Å². The number of methoxy groups -OCH3 is 1. The van der Waals surface area contributed by atoms with Gasteiger partial charge in [-0.2, -0.15) is 0 Å². The van der Waals surface area contributed by atoms with Crippen LogP contribution in [-0.4, -0.2) is 20.2 Å². The van der Waals surface area contributed by atoms with E-state index in [1.54, 1.807) is 18.2 Å². The van der Waals surface area contributed by atoms with Crippen molar-refractivity contribution in [2.24, 2.45) is 0 Å². The lowest BCUT2D eigenvalue weighted by molar-refractivity contribution is 0.358. The molecule has 0 saturated heterocycles. The first kappa shape index (κ1) is 11.1. The molecule has 0 aliphatic heterocycles. The Bertz CT molecular complexity index is 427. The van der Waals surface area contributed by atoms with Crippen molar-refractivity contribution < 1.29 is 4.74 Å². The second-order valence-corrected chi connectivity index (χ2v) is 5.25. The van der Waals surface area contributed by atoms with Gasteiger partial charge in [-0.1, -0.05) is 6.07 Å². The molecule has 2 aliphatic rings. The van der Waals surface area contributed by atoms with Crippen LogP contribution in [-0.2, 0) is 12.8 Å². The van der Waals surface area contributed by atoms with E-state index in [0.29, 0.717) is 12.0 Å². The van der Waals surface area contributed by atoms with Crippen molar-refractivity contribution in [2.45, 2.75) is 44.1 Å². The molecule has 2 unspecified atom stereocenters. The van der Waals surface area contributed by atoms with Gasteiger partial charge in [0.2, 0.25) is 0 Å². The molecule has 0 amide bonds. The molecular formula is C15H21NO. The molecule has 1 aromatic carbocycles. The molecule has 0 spiro atoms. The molecule has 0 aromatic heterocycles. The number of ether oxygens (including phenoxy) is 1. The Morgan fingerprint density at radius 3 is 2.88 bits per heavy atom. The normalized spacial score (nSPS) is 26.5. The zero-order valence-electron chi connectivity index (χ0n) is 10.8. The van der Waals surface area contributed by atoms with E-state index in [1.165, 1.54) is 37.7 Å². The molecule has 0 heterocycles. The van der Waals surface area contributed by atoms with Crippen LogP contribution in [0.1, 0.15) is 41.9 Å². The SMILES string of the molecule is CNC1CCc2ccc(OC)c3c2C1CCC3. The van der Waals surface area contributed by atoms with Crippen molar-refractivity contribution in [3.05, 3.63) is 28.8 Å². The number of nitrogens with one attached hydrogen (secondary N) is 1. The minimum absolute atomic E-state index is 0.661. The van der Waals surface area contributed by atoms with Crippen molar-refractivity contribution >= 4 is 0 Å². The maximum Gasteiger partial charge on any atom is 0.122 e. The minimum Gasteiger partial charge on any atom is -0.496 e. The smallest absolute Gasteiger partial charge is 0.122 e. The van der Waals surface area contributed by atoms with E-state index in [9.17, 15) is 0 Å². The fraction of sp³-hybridized carbons (Fsp3) is 0.600. The van der Waals surface area contributed by atoms with E-state index >= 15 is 0 Å². The van der Waals surface area contributed by atoms with Gasteiger partial charge in [-0.25, -0.2) is 0 Å². The summed E-state index contributed by atoms with van der Waals surface area (Å²) in [6.45, 7) is 0. The predicted molar refractivity (Wildman–Crippen MR) is 69.8 cm³/mol. The molecule has 2 aliphatic carbocycles. The van der Waals surface area contributed by atoms with Crippen molar-refractivity contribution in [1.29, 1.82) is 0 Å². The monoisotopic (exact) mass is 231 g/mol. The van der Waals surface area contributed by atoms with Crippen LogP contribution in [0.4, 0.5) is 0 Å². The third-order valence-electron chi connectivity index (χ3n) is 4.52. The van der Waals surface area contributed by atoms with E-state index in [-0.39, 0.29) is 0 Å². The molecule has 2 nitrogen and oxygen atoms in total. The summed E-state index contributed by atoms with van der Waals surface area (Å²) in [5.41, 5.74) is 4.67. The zero-order chi connectivity index (χ0) is 11.8. The van der Waals surface area contributed by atoms with E-state index in [2.05, 4.69) is 24.5 Å². The number of benzene rings is 1. The van der Waals surface area contributed by atoms with Gasteiger partial charge in [0.1, 0.15) is 5.75 Å². The Morgan fingerprint density at radius 1 is 1.24 bits per heavy atom. The Balaban J connectivity index is 2.12. The van der Waals surface area contributed by atoms with Crippen LogP contribution in [0.3, 0.4) is 0 Å². The Morgan fingerprint density at radius 2 is 2.12 bits per heavy atom. The van der Waals surface area contributed by atoms with E-state index < -0.39 is 0 Å². The maximum atomic E-state index is 5.53. The molecule has 3 rings (SSSR count). The van der Waals surface area contributed by atoms with Gasteiger partial charge >= 0.3 is 0 Å². The number of aryl methyl sites for hydroxylation is 1. The molecule has 92 valence electrons. The van der Waals surface area contributed by atoms with Gasteiger partial charge in [-0.3, -0.25) is 0 Å². The third-order valence-corrected chi connectivity index (χ3v) is 4.52. The van der Waals surface area contributed by atoms with Crippen molar-refractivity contribution in [1.82, 2.24) is 5.32 Å². The molecule has 1 N–H and O–H groups in total. The fourth-order valence-electron chi connectivity index (χ4n) is 3.73. The molecule has 0 fully saturated rings. The highest BCUT2D eigenvalue weighted by atomic mass is 16.5. The highest BCUT2D eigenvalue weighted by molar-refractivity contribution is 5.50. The molecule has 17 heavy (non-hydrogen) atoms. The van der Waals surface area contributed by atoms with Crippen LogP contribution >= 0.6 is 0 Å². The highest BCUT2D eigenvalue weighted by Crippen LogP contribution is 2.44. The van der Waals surface area contributed by atoms with E-state index in [0.717, 1.165) is 5.75 Å². The average Bonchev–Trinajstić information content (AvgIpc) is 2.40. The van der Waals surface area contributed by atoms with Gasteiger partial charge in [0.05, 0.1) is 7.11 Å². The summed E-state index contributed by atoms with van der Waals surface area (Å²) in [6, 6.07) is 5.10. The van der Waals surface area contributed by atoms with Crippen LogP contribution in [0.5, 0.6) is 5.75 Å². The van der Waals surface area contributed by atoms with Gasteiger partial charge in [-0.05, 0) is 67.8 Å². The van der Waals surface area contributed by atoms with Crippen molar-refractivity contribution in [3.63, 3.8) is 0 Å². The lowest BCUT2D eigenvalue weighted by atomic mass is 9.71. The Labute approximate surface area is 103 Å². The molecule has 2 heteroatoms. The number of hydrogen-bond donors (Lipinski definition) is 1. The first-order valence-electron chi connectivity index (χ1n) is 6.71. The Kier molecular flexibility index (Phi) is 2.83. The fourth-order valence-corrected chi connectivity index (χ4v) is 3.73. The molecule has 0 bridgehead atoms. The van der Waals surface area contributed by atoms with Gasteiger partial charge in [0.15, 0.2) is 0 Å². The topological polar surface area (TPSA) is 21.3 Å². The van der Waals surface area contributed by atoms with Crippen LogP contribution in [0.15, 0.2) is 12.1 Å². The first-order valence-corrected chi connectivity index (χ1v) is 6.71. The quantitative estimate of drug-likeness (QED) is 0.845. The largest absolute Gasteiger partial charge is 0.496 e. The lowest BCUT2D eigenvalue weighted by Crippen LogP contribution is -2.38. The minimum atomic E-state index is 0.661. The highest BCUT2D eigenvalue weighted by Gasteiger charge is 2.33.